The molecule has 0 radical (unpaired) electrons. The summed E-state index contributed by atoms with van der Waals surface area (Å²) in [6, 6.07) is 20.0. The average Bonchev–Trinajstić information content (AvgIpc) is 3.53. The lowest BCUT2D eigenvalue weighted by Crippen LogP contribution is -2.33. The van der Waals surface area contributed by atoms with Crippen molar-refractivity contribution in [3.63, 3.8) is 0 Å². The van der Waals surface area contributed by atoms with Crippen LogP contribution >= 0.6 is 0 Å². The van der Waals surface area contributed by atoms with Gasteiger partial charge in [-0.15, -0.1) is 0 Å². The number of ether oxygens (including phenoxy) is 3. The van der Waals surface area contributed by atoms with E-state index in [1.165, 1.54) is 0 Å². The highest BCUT2D eigenvalue weighted by Gasteiger charge is 2.46. The Kier molecular flexibility index (Phi) is 9.90. The Morgan fingerprint density at radius 3 is 2.48 bits per heavy atom. The van der Waals surface area contributed by atoms with Crippen LogP contribution in [-0.4, -0.2) is 65.5 Å². The van der Waals surface area contributed by atoms with Gasteiger partial charge >= 0.3 is 0 Å². The fraction of sp³-hybridized carbons (Fsp3) is 0.389. The van der Waals surface area contributed by atoms with Gasteiger partial charge in [0.25, 0.3) is 11.7 Å². The Bertz CT molecular complexity index is 1510. The minimum absolute atomic E-state index is 0.0402. The van der Waals surface area contributed by atoms with E-state index in [2.05, 4.69) is 18.7 Å². The predicted molar refractivity (Wildman–Crippen MR) is 170 cm³/mol. The SMILES string of the molecule is CCOc1cc([C@H]2C(=C(O)c3ccc4c(c3)C[C@@H](C)O4)C(=O)C(=O)N2CCCN(CC)CC)ccc1OCc1ccccc1. The number of ketones is 1. The Hall–Kier alpha value is -4.30. The van der Waals surface area contributed by atoms with Crippen molar-refractivity contribution in [1.82, 2.24) is 9.80 Å². The molecular weight excluding hydrogens is 556 g/mol. The molecule has 44 heavy (non-hydrogen) atoms. The lowest BCUT2D eigenvalue weighted by atomic mass is 9.94. The van der Waals surface area contributed by atoms with Crippen LogP contribution in [0.5, 0.6) is 17.2 Å². The van der Waals surface area contributed by atoms with Crippen LogP contribution in [0.25, 0.3) is 5.76 Å². The molecule has 8 nitrogen and oxygen atoms in total. The Labute approximate surface area is 259 Å². The van der Waals surface area contributed by atoms with E-state index in [1.54, 1.807) is 11.0 Å². The summed E-state index contributed by atoms with van der Waals surface area (Å²) in [5.41, 5.74) is 3.22. The maximum absolute atomic E-state index is 13.6. The number of likely N-dealkylation sites (tertiary alicyclic amines) is 1. The highest BCUT2D eigenvalue weighted by molar-refractivity contribution is 6.46. The minimum atomic E-state index is -0.780. The number of aliphatic hydroxyl groups is 1. The van der Waals surface area contributed by atoms with Gasteiger partial charge in [-0.05, 0) is 86.9 Å². The highest BCUT2D eigenvalue weighted by Crippen LogP contribution is 2.43. The summed E-state index contributed by atoms with van der Waals surface area (Å²) in [5.74, 6) is 0.350. The molecular formula is C36H42N2O6. The first-order valence-electron chi connectivity index (χ1n) is 15.6. The van der Waals surface area contributed by atoms with Crippen LogP contribution < -0.4 is 14.2 Å². The molecule has 1 N–H and O–H groups in total. The van der Waals surface area contributed by atoms with Crippen molar-refractivity contribution in [2.75, 3.05) is 32.8 Å². The van der Waals surface area contributed by atoms with Gasteiger partial charge in [0.05, 0.1) is 18.2 Å². The number of Topliss-reactive ketones (excluding diaryl/α,β-unsaturated/α-hetero) is 1. The van der Waals surface area contributed by atoms with Crippen LogP contribution in [0.2, 0.25) is 0 Å². The van der Waals surface area contributed by atoms with E-state index in [1.807, 2.05) is 74.5 Å². The molecule has 0 spiro atoms. The number of amides is 1. The Morgan fingerprint density at radius 1 is 0.977 bits per heavy atom. The minimum Gasteiger partial charge on any atom is -0.507 e. The summed E-state index contributed by atoms with van der Waals surface area (Å²) in [6.45, 7) is 11.8. The summed E-state index contributed by atoms with van der Waals surface area (Å²) in [7, 11) is 0. The molecule has 0 saturated carbocycles. The molecule has 1 amide bonds. The number of carbonyl (C=O) groups excluding carboxylic acids is 2. The fourth-order valence-corrected chi connectivity index (χ4v) is 6.00. The number of hydrogen-bond donors (Lipinski definition) is 1. The third-order valence-electron chi connectivity index (χ3n) is 8.30. The molecule has 8 heteroatoms. The predicted octanol–water partition coefficient (Wildman–Crippen LogP) is 6.14. The van der Waals surface area contributed by atoms with Crippen LogP contribution in [0.15, 0.2) is 72.3 Å². The van der Waals surface area contributed by atoms with Gasteiger partial charge in [0.2, 0.25) is 0 Å². The van der Waals surface area contributed by atoms with Gasteiger partial charge in [-0.1, -0.05) is 50.2 Å². The van der Waals surface area contributed by atoms with E-state index >= 15 is 0 Å². The van der Waals surface area contributed by atoms with Crippen LogP contribution in [0.1, 0.15) is 62.4 Å². The van der Waals surface area contributed by atoms with Crippen molar-refractivity contribution in [2.45, 2.75) is 59.3 Å². The quantitative estimate of drug-likeness (QED) is 0.144. The van der Waals surface area contributed by atoms with Crippen molar-refractivity contribution in [1.29, 1.82) is 0 Å². The summed E-state index contributed by atoms with van der Waals surface area (Å²) in [4.78, 5) is 31.1. The van der Waals surface area contributed by atoms with Crippen LogP contribution in [0.3, 0.4) is 0 Å². The second-order valence-corrected chi connectivity index (χ2v) is 11.2. The second kappa shape index (κ2) is 14.0. The molecule has 2 heterocycles. The van der Waals surface area contributed by atoms with Gasteiger partial charge in [0.15, 0.2) is 11.5 Å². The fourth-order valence-electron chi connectivity index (χ4n) is 6.00. The molecule has 2 aliphatic rings. The van der Waals surface area contributed by atoms with E-state index in [9.17, 15) is 14.7 Å². The summed E-state index contributed by atoms with van der Waals surface area (Å²) in [6.07, 6.45) is 1.44. The van der Waals surface area contributed by atoms with Gasteiger partial charge < -0.3 is 29.1 Å². The second-order valence-electron chi connectivity index (χ2n) is 11.2. The number of hydrogen-bond acceptors (Lipinski definition) is 7. The molecule has 0 unspecified atom stereocenters. The molecule has 232 valence electrons. The van der Waals surface area contributed by atoms with Crippen molar-refractivity contribution in [2.24, 2.45) is 0 Å². The molecule has 0 bridgehead atoms. The standard InChI is InChI=1S/C36H42N2O6/c1-5-37(6-2)18-11-19-38-33(26-14-17-30(31(22-26)42-7-3)43-23-25-12-9-8-10-13-25)32(35(40)36(38)41)34(39)27-15-16-29-28(21-27)20-24(4)44-29/h8-10,12-17,21-22,24,33,39H,5-7,11,18-20,23H2,1-4H3/t24-,33+/m1/s1. The van der Waals surface area contributed by atoms with Crippen LogP contribution in [-0.2, 0) is 22.6 Å². The number of aliphatic hydroxyl groups excluding tert-OH is 1. The monoisotopic (exact) mass is 598 g/mol. The Balaban J connectivity index is 1.53. The maximum atomic E-state index is 13.6. The number of benzene rings is 3. The normalized spacial score (nSPS) is 18.9. The number of rotatable bonds is 13. The van der Waals surface area contributed by atoms with E-state index in [4.69, 9.17) is 14.2 Å². The first-order chi connectivity index (χ1) is 21.3. The van der Waals surface area contributed by atoms with Crippen molar-refractivity contribution >= 4 is 17.4 Å². The summed E-state index contributed by atoms with van der Waals surface area (Å²) >= 11 is 0. The van der Waals surface area contributed by atoms with Crippen LogP contribution in [0, 0.1) is 0 Å². The molecule has 2 aliphatic heterocycles. The third kappa shape index (κ3) is 6.60. The average molecular weight is 599 g/mol. The zero-order valence-electron chi connectivity index (χ0n) is 26.0. The zero-order valence-corrected chi connectivity index (χ0v) is 26.0. The third-order valence-corrected chi connectivity index (χ3v) is 8.30. The topological polar surface area (TPSA) is 88.5 Å². The molecule has 1 fully saturated rings. The number of nitrogens with zero attached hydrogens (tertiary/aromatic N) is 2. The van der Waals surface area contributed by atoms with Crippen molar-refractivity contribution in [3.05, 3.63) is 94.6 Å². The van der Waals surface area contributed by atoms with Crippen molar-refractivity contribution < 1.29 is 28.9 Å². The molecule has 3 aromatic carbocycles. The van der Waals surface area contributed by atoms with Crippen LogP contribution in [0.4, 0.5) is 0 Å². The molecule has 5 rings (SSSR count). The maximum Gasteiger partial charge on any atom is 0.295 e. The molecule has 0 aliphatic carbocycles. The smallest absolute Gasteiger partial charge is 0.295 e. The first-order valence-corrected chi connectivity index (χ1v) is 15.6. The summed E-state index contributed by atoms with van der Waals surface area (Å²) in [5, 5.41) is 11.7. The first kappa shape index (κ1) is 31.1. The molecule has 1 saturated heterocycles. The van der Waals surface area contributed by atoms with Gasteiger partial charge in [-0.25, -0.2) is 0 Å². The van der Waals surface area contributed by atoms with Crippen molar-refractivity contribution in [3.8, 4) is 17.2 Å². The van der Waals surface area contributed by atoms with Gasteiger partial charge in [0, 0.05) is 18.5 Å². The van der Waals surface area contributed by atoms with E-state index in [0.29, 0.717) is 55.2 Å². The van der Waals surface area contributed by atoms with Gasteiger partial charge in [-0.2, -0.15) is 0 Å². The van der Waals surface area contributed by atoms with Gasteiger partial charge in [-0.3, -0.25) is 9.59 Å². The molecule has 0 aromatic heterocycles. The highest BCUT2D eigenvalue weighted by atomic mass is 16.5. The lowest BCUT2D eigenvalue weighted by Gasteiger charge is -2.27. The number of fused-ring (bicyclic) bond motifs is 1. The molecule has 3 aromatic rings. The Morgan fingerprint density at radius 2 is 1.75 bits per heavy atom. The number of carbonyl (C=O) groups is 2. The summed E-state index contributed by atoms with van der Waals surface area (Å²) < 4.78 is 17.9. The zero-order chi connectivity index (χ0) is 31.2. The largest absolute Gasteiger partial charge is 0.507 e. The van der Waals surface area contributed by atoms with Gasteiger partial charge in [0.1, 0.15) is 24.2 Å². The van der Waals surface area contributed by atoms with E-state index in [-0.39, 0.29) is 17.4 Å². The molecule has 2 atom stereocenters. The van der Waals surface area contributed by atoms with E-state index in [0.717, 1.165) is 36.5 Å². The lowest BCUT2D eigenvalue weighted by molar-refractivity contribution is -0.140. The van der Waals surface area contributed by atoms with E-state index < -0.39 is 17.7 Å².